The van der Waals surface area contributed by atoms with Crippen molar-refractivity contribution in [1.82, 2.24) is 5.32 Å². The van der Waals surface area contributed by atoms with Crippen LogP contribution in [0.5, 0.6) is 0 Å². The maximum atomic E-state index is 5.90. The molecule has 2 heteroatoms. The second-order valence-corrected chi connectivity index (χ2v) is 5.42. The van der Waals surface area contributed by atoms with E-state index in [1.54, 1.807) is 0 Å². The quantitative estimate of drug-likeness (QED) is 0.782. The highest BCUT2D eigenvalue weighted by atomic mass is 16.5. The van der Waals surface area contributed by atoms with Gasteiger partial charge in [0.1, 0.15) is 0 Å². The van der Waals surface area contributed by atoms with Gasteiger partial charge in [-0.15, -0.1) is 0 Å². The molecule has 0 saturated carbocycles. The molecule has 0 radical (unpaired) electrons. The van der Waals surface area contributed by atoms with E-state index < -0.39 is 0 Å². The fourth-order valence-corrected chi connectivity index (χ4v) is 2.26. The lowest BCUT2D eigenvalue weighted by Gasteiger charge is -2.19. The summed E-state index contributed by atoms with van der Waals surface area (Å²) in [6, 6.07) is 19.3. The summed E-state index contributed by atoms with van der Waals surface area (Å²) < 4.78 is 5.90. The molecule has 0 aliphatic carbocycles. The van der Waals surface area contributed by atoms with Crippen LogP contribution >= 0.6 is 0 Å². The number of rotatable bonds is 8. The lowest BCUT2D eigenvalue weighted by Crippen LogP contribution is -2.26. The second kappa shape index (κ2) is 8.60. The molecule has 0 aliphatic heterocycles. The minimum atomic E-state index is 0.259. The van der Waals surface area contributed by atoms with Crippen molar-refractivity contribution >= 4 is 0 Å². The van der Waals surface area contributed by atoms with Crippen LogP contribution in [0.2, 0.25) is 0 Å². The van der Waals surface area contributed by atoms with Gasteiger partial charge in [0, 0.05) is 0 Å². The lowest BCUT2D eigenvalue weighted by molar-refractivity contribution is 0.0986. The van der Waals surface area contributed by atoms with Crippen LogP contribution in [-0.2, 0) is 11.3 Å². The summed E-state index contributed by atoms with van der Waals surface area (Å²) in [4.78, 5) is 0. The van der Waals surface area contributed by atoms with E-state index in [1.165, 1.54) is 16.7 Å². The summed E-state index contributed by atoms with van der Waals surface area (Å²) in [7, 11) is 0. The van der Waals surface area contributed by atoms with E-state index >= 15 is 0 Å². The molecule has 1 atom stereocenters. The predicted molar refractivity (Wildman–Crippen MR) is 88.3 cm³/mol. The van der Waals surface area contributed by atoms with E-state index in [0.717, 1.165) is 13.0 Å². The summed E-state index contributed by atoms with van der Waals surface area (Å²) in [5.74, 6) is 0. The number of hydrogen-bond donors (Lipinski definition) is 1. The lowest BCUT2D eigenvalue weighted by atomic mass is 10.1. The second-order valence-electron chi connectivity index (χ2n) is 5.42. The molecule has 0 heterocycles. The maximum absolute atomic E-state index is 5.90. The maximum Gasteiger partial charge on any atom is 0.0717 e. The van der Waals surface area contributed by atoms with Crippen LogP contribution in [0.15, 0.2) is 54.6 Å². The SMILES string of the molecule is CCCNC(COCc1ccccc1)c1ccc(C)cc1. The Morgan fingerprint density at radius 2 is 1.71 bits per heavy atom. The minimum Gasteiger partial charge on any atom is -0.375 e. The normalized spacial score (nSPS) is 12.3. The van der Waals surface area contributed by atoms with Crippen LogP contribution < -0.4 is 5.32 Å². The van der Waals surface area contributed by atoms with Gasteiger partial charge in [-0.2, -0.15) is 0 Å². The molecule has 0 spiro atoms. The fourth-order valence-electron chi connectivity index (χ4n) is 2.26. The number of ether oxygens (including phenoxy) is 1. The molecule has 2 aromatic carbocycles. The summed E-state index contributed by atoms with van der Waals surface area (Å²) in [6.45, 7) is 6.66. The monoisotopic (exact) mass is 283 g/mol. The molecule has 0 amide bonds. The van der Waals surface area contributed by atoms with Crippen molar-refractivity contribution in [2.24, 2.45) is 0 Å². The topological polar surface area (TPSA) is 21.3 Å². The van der Waals surface area contributed by atoms with Gasteiger partial charge in [-0.1, -0.05) is 67.1 Å². The zero-order valence-corrected chi connectivity index (χ0v) is 13.0. The first-order valence-corrected chi connectivity index (χ1v) is 7.71. The first kappa shape index (κ1) is 15.7. The summed E-state index contributed by atoms with van der Waals surface area (Å²) in [6.07, 6.45) is 1.13. The molecule has 0 bridgehead atoms. The molecule has 2 nitrogen and oxygen atoms in total. The van der Waals surface area contributed by atoms with Gasteiger partial charge in [0.2, 0.25) is 0 Å². The molecule has 0 aliphatic rings. The van der Waals surface area contributed by atoms with Crippen LogP contribution in [0.4, 0.5) is 0 Å². The zero-order chi connectivity index (χ0) is 14.9. The van der Waals surface area contributed by atoms with E-state index in [1.807, 2.05) is 18.2 Å². The Balaban J connectivity index is 1.91. The third-order valence-corrected chi connectivity index (χ3v) is 3.52. The Labute approximate surface area is 128 Å². The van der Waals surface area contributed by atoms with Gasteiger partial charge in [-0.05, 0) is 31.0 Å². The summed E-state index contributed by atoms with van der Waals surface area (Å²) >= 11 is 0. The highest BCUT2D eigenvalue weighted by Gasteiger charge is 2.10. The largest absolute Gasteiger partial charge is 0.375 e. The first-order chi connectivity index (χ1) is 10.3. The van der Waals surface area contributed by atoms with Gasteiger partial charge in [0.05, 0.1) is 19.3 Å². The van der Waals surface area contributed by atoms with Crippen LogP contribution in [0.1, 0.15) is 36.1 Å². The Hall–Kier alpha value is -1.64. The smallest absolute Gasteiger partial charge is 0.0717 e. The molecule has 2 rings (SSSR count). The van der Waals surface area contributed by atoms with Crippen LogP contribution in [-0.4, -0.2) is 13.2 Å². The fraction of sp³-hybridized carbons (Fsp3) is 0.368. The van der Waals surface area contributed by atoms with E-state index in [4.69, 9.17) is 4.74 Å². The zero-order valence-electron chi connectivity index (χ0n) is 13.0. The van der Waals surface area contributed by atoms with Crippen molar-refractivity contribution in [1.29, 1.82) is 0 Å². The van der Waals surface area contributed by atoms with Crippen LogP contribution in [0, 0.1) is 6.92 Å². The Morgan fingerprint density at radius 3 is 2.38 bits per heavy atom. The third-order valence-electron chi connectivity index (χ3n) is 3.52. The van der Waals surface area contributed by atoms with Gasteiger partial charge in [-0.25, -0.2) is 0 Å². The van der Waals surface area contributed by atoms with Crippen LogP contribution in [0.3, 0.4) is 0 Å². The Kier molecular flexibility index (Phi) is 6.45. The van der Waals surface area contributed by atoms with Crippen molar-refractivity contribution in [3.63, 3.8) is 0 Å². The van der Waals surface area contributed by atoms with Crippen molar-refractivity contribution in [3.8, 4) is 0 Å². The van der Waals surface area contributed by atoms with E-state index in [9.17, 15) is 0 Å². The minimum absolute atomic E-state index is 0.259. The third kappa shape index (κ3) is 5.33. The van der Waals surface area contributed by atoms with Gasteiger partial charge >= 0.3 is 0 Å². The molecule has 1 N–H and O–H groups in total. The van der Waals surface area contributed by atoms with Gasteiger partial charge in [0.15, 0.2) is 0 Å². The molecule has 2 aromatic rings. The Bertz CT molecular complexity index is 507. The number of hydrogen-bond acceptors (Lipinski definition) is 2. The number of nitrogens with one attached hydrogen (secondary N) is 1. The van der Waals surface area contributed by atoms with Gasteiger partial charge < -0.3 is 10.1 Å². The van der Waals surface area contributed by atoms with Crippen molar-refractivity contribution < 1.29 is 4.74 Å². The molecular formula is C19H25NO. The standard InChI is InChI=1S/C19H25NO/c1-3-13-20-19(18-11-9-16(2)10-12-18)15-21-14-17-7-5-4-6-8-17/h4-12,19-20H,3,13-15H2,1-2H3. The molecule has 0 saturated heterocycles. The summed E-state index contributed by atoms with van der Waals surface area (Å²) in [5, 5.41) is 3.57. The number of aryl methyl sites for hydroxylation is 1. The molecular weight excluding hydrogens is 258 g/mol. The molecule has 21 heavy (non-hydrogen) atoms. The highest BCUT2D eigenvalue weighted by molar-refractivity contribution is 5.24. The predicted octanol–water partition coefficient (Wildman–Crippen LogP) is 4.25. The number of benzene rings is 2. The average Bonchev–Trinajstić information content (AvgIpc) is 2.53. The van der Waals surface area contributed by atoms with Crippen LogP contribution in [0.25, 0.3) is 0 Å². The van der Waals surface area contributed by atoms with E-state index in [-0.39, 0.29) is 6.04 Å². The average molecular weight is 283 g/mol. The van der Waals surface area contributed by atoms with Crippen molar-refractivity contribution in [2.45, 2.75) is 32.9 Å². The van der Waals surface area contributed by atoms with Gasteiger partial charge in [0.25, 0.3) is 0 Å². The Morgan fingerprint density at radius 1 is 1.00 bits per heavy atom. The molecule has 0 fully saturated rings. The first-order valence-electron chi connectivity index (χ1n) is 7.71. The van der Waals surface area contributed by atoms with Crippen molar-refractivity contribution in [3.05, 3.63) is 71.3 Å². The van der Waals surface area contributed by atoms with E-state index in [0.29, 0.717) is 13.2 Å². The van der Waals surface area contributed by atoms with Crippen molar-refractivity contribution in [2.75, 3.05) is 13.2 Å². The highest BCUT2D eigenvalue weighted by Crippen LogP contribution is 2.15. The molecule has 1 unspecified atom stereocenters. The molecule has 112 valence electrons. The summed E-state index contributed by atoms with van der Waals surface area (Å²) in [5.41, 5.74) is 3.80. The van der Waals surface area contributed by atoms with E-state index in [2.05, 4.69) is 55.6 Å². The molecule has 0 aromatic heterocycles. The van der Waals surface area contributed by atoms with Gasteiger partial charge in [-0.3, -0.25) is 0 Å².